The number of primary amides is 1. The number of nitriles is 1. The van der Waals surface area contributed by atoms with Gasteiger partial charge >= 0.3 is 0 Å². The van der Waals surface area contributed by atoms with Gasteiger partial charge in [0.15, 0.2) is 0 Å². The van der Waals surface area contributed by atoms with Crippen molar-refractivity contribution < 1.29 is 33.4 Å². The molecular formula is C35H35ClN6O7. The summed E-state index contributed by atoms with van der Waals surface area (Å²) in [4.78, 5) is 68.3. The number of halogens is 1. The number of piperidine rings is 1. The number of carbonyl (C=O) groups is 5. The topological polar surface area (TPSA) is 178 Å². The van der Waals surface area contributed by atoms with E-state index in [1.807, 2.05) is 33.8 Å². The molecule has 13 nitrogen and oxygen atoms in total. The Morgan fingerprint density at radius 2 is 1.69 bits per heavy atom. The predicted octanol–water partition coefficient (Wildman–Crippen LogP) is 3.97. The van der Waals surface area contributed by atoms with Gasteiger partial charge in [-0.15, -0.1) is 0 Å². The predicted molar refractivity (Wildman–Crippen MR) is 175 cm³/mol. The Morgan fingerprint density at radius 1 is 1.00 bits per heavy atom. The van der Waals surface area contributed by atoms with E-state index in [0.29, 0.717) is 30.0 Å². The van der Waals surface area contributed by atoms with Crippen molar-refractivity contribution in [1.82, 2.24) is 19.6 Å². The van der Waals surface area contributed by atoms with Crippen LogP contribution in [-0.4, -0.2) is 73.9 Å². The molecule has 1 unspecified atom stereocenters. The molecule has 0 radical (unpaired) electrons. The minimum Gasteiger partial charge on any atom is -0.494 e. The maximum absolute atomic E-state index is 14.2. The van der Waals surface area contributed by atoms with Crippen LogP contribution in [0.25, 0.3) is 0 Å². The number of nitrogens with two attached hydrogens (primary N) is 1. The Hall–Kier alpha value is -5.22. The Balaban J connectivity index is 1.15. The summed E-state index contributed by atoms with van der Waals surface area (Å²) in [5.74, 6) is -1.99. The lowest BCUT2D eigenvalue weighted by Crippen LogP contribution is -2.77. The molecule has 0 bridgehead atoms. The number of aryl methyl sites for hydroxylation is 1. The van der Waals surface area contributed by atoms with E-state index in [1.54, 1.807) is 35.1 Å². The summed E-state index contributed by atoms with van der Waals surface area (Å²) >= 11 is 6.23. The number of benzene rings is 2. The number of rotatable bonds is 10. The van der Waals surface area contributed by atoms with Crippen LogP contribution in [-0.2, 0) is 16.1 Å². The molecule has 2 aromatic carbocycles. The van der Waals surface area contributed by atoms with Crippen molar-refractivity contribution in [1.29, 1.82) is 5.26 Å². The van der Waals surface area contributed by atoms with Gasteiger partial charge in [-0.05, 0) is 42.8 Å². The highest BCUT2D eigenvalue weighted by Gasteiger charge is 2.68. The molecule has 14 heteroatoms. The van der Waals surface area contributed by atoms with Crippen LogP contribution in [0.4, 0.5) is 0 Å². The second-order valence-electron chi connectivity index (χ2n) is 13.7. The van der Waals surface area contributed by atoms with Gasteiger partial charge in [0.25, 0.3) is 23.6 Å². The molecule has 1 aliphatic carbocycles. The number of hydrogen-bond acceptors (Lipinski definition) is 9. The third-order valence-electron chi connectivity index (χ3n) is 9.65. The van der Waals surface area contributed by atoms with Crippen molar-refractivity contribution in [2.75, 3.05) is 6.61 Å². The summed E-state index contributed by atoms with van der Waals surface area (Å²) in [5, 5.41) is 13.5. The van der Waals surface area contributed by atoms with Crippen LogP contribution >= 0.6 is 11.6 Å². The number of ether oxygens (including phenoxy) is 2. The molecular weight excluding hydrogens is 652 g/mol. The van der Waals surface area contributed by atoms with E-state index in [9.17, 15) is 29.2 Å². The maximum Gasteiger partial charge on any atom is 0.269 e. The molecule has 3 heterocycles. The zero-order valence-corrected chi connectivity index (χ0v) is 28.2. The molecule has 0 spiro atoms. The highest BCUT2D eigenvalue weighted by molar-refractivity contribution is 6.31. The Morgan fingerprint density at radius 3 is 2.35 bits per heavy atom. The third-order valence-corrected chi connectivity index (χ3v) is 9.96. The van der Waals surface area contributed by atoms with Crippen LogP contribution in [0.15, 0.2) is 48.7 Å². The molecule has 6 rings (SSSR count). The van der Waals surface area contributed by atoms with Crippen LogP contribution in [0, 0.1) is 22.2 Å². The molecule has 1 aromatic heterocycles. The smallest absolute Gasteiger partial charge is 0.269 e. The van der Waals surface area contributed by atoms with E-state index in [-0.39, 0.29) is 47.2 Å². The number of aromatic nitrogens is 2. The third kappa shape index (κ3) is 5.69. The largest absolute Gasteiger partial charge is 0.494 e. The summed E-state index contributed by atoms with van der Waals surface area (Å²) in [7, 11) is 0. The quantitative estimate of drug-likeness (QED) is 0.244. The number of carbonyl (C=O) groups excluding carboxylic acids is 5. The van der Waals surface area contributed by atoms with E-state index in [0.717, 1.165) is 4.90 Å². The Bertz CT molecular complexity index is 1930. The van der Waals surface area contributed by atoms with Crippen molar-refractivity contribution in [3.63, 3.8) is 0 Å². The van der Waals surface area contributed by atoms with E-state index in [4.69, 9.17) is 26.8 Å². The molecule has 254 valence electrons. The van der Waals surface area contributed by atoms with Gasteiger partial charge in [0.1, 0.15) is 35.4 Å². The lowest BCUT2D eigenvalue weighted by molar-refractivity contribution is -0.216. The van der Waals surface area contributed by atoms with Gasteiger partial charge in [0.05, 0.1) is 34.4 Å². The van der Waals surface area contributed by atoms with E-state index < -0.39 is 52.6 Å². The zero-order chi connectivity index (χ0) is 35.4. The zero-order valence-electron chi connectivity index (χ0n) is 27.4. The number of likely N-dealkylation sites (tertiary alicyclic amines) is 1. The molecule has 2 aliphatic heterocycles. The normalized spacial score (nSPS) is 22.4. The average Bonchev–Trinajstić information content (AvgIpc) is 3.62. The van der Waals surface area contributed by atoms with Crippen LogP contribution in [0.2, 0.25) is 5.02 Å². The minimum atomic E-state index is -1.15. The Kier molecular flexibility index (Phi) is 8.48. The number of nitrogens with zero attached hydrogens (tertiary/aromatic N) is 5. The first kappa shape index (κ1) is 33.7. The minimum absolute atomic E-state index is 0.0190. The number of imide groups is 2. The number of amides is 5. The van der Waals surface area contributed by atoms with Crippen molar-refractivity contribution in [2.45, 2.75) is 71.7 Å². The molecule has 1 atom stereocenters. The summed E-state index contributed by atoms with van der Waals surface area (Å²) in [6.07, 6.45) is 1.74. The second kappa shape index (κ2) is 12.3. The fourth-order valence-corrected chi connectivity index (χ4v) is 8.03. The molecule has 1 saturated heterocycles. The first-order valence-corrected chi connectivity index (χ1v) is 16.2. The molecule has 49 heavy (non-hydrogen) atoms. The number of fused-ring (bicyclic) bond motifs is 1. The van der Waals surface area contributed by atoms with E-state index in [2.05, 4.69) is 5.10 Å². The molecule has 3 aliphatic rings. The van der Waals surface area contributed by atoms with E-state index in [1.165, 1.54) is 23.1 Å². The standard InChI is InChI=1S/C35H35ClN6O7/c1-34(2)32(35(3,4)33(34)49-21-7-6-19(18-37)24(36)17-21)42-27(43)11-10-26(31(42)47)41-29(45)22-9-8-20(16-23(22)30(41)46)48-15-5-13-40-14-12-25(39-40)28(38)44/h6-9,12,14,16-17,26,32-33H,5,10-11,13,15H2,1-4H3,(H2,38,44). The maximum atomic E-state index is 14.2. The highest BCUT2D eigenvalue weighted by atomic mass is 35.5. The van der Waals surface area contributed by atoms with Crippen molar-refractivity contribution in [3.8, 4) is 17.6 Å². The van der Waals surface area contributed by atoms with Crippen LogP contribution in [0.3, 0.4) is 0 Å². The van der Waals surface area contributed by atoms with Gasteiger partial charge in [-0.1, -0.05) is 39.3 Å². The summed E-state index contributed by atoms with van der Waals surface area (Å²) in [6, 6.07) is 11.2. The van der Waals surface area contributed by atoms with Crippen molar-refractivity contribution in [2.24, 2.45) is 16.6 Å². The second-order valence-corrected chi connectivity index (χ2v) is 14.1. The molecule has 2 fully saturated rings. The lowest BCUT2D eigenvalue weighted by atomic mass is 9.48. The fraction of sp³-hybridized carbons (Fsp3) is 0.400. The molecule has 2 N–H and O–H groups in total. The van der Waals surface area contributed by atoms with Gasteiger partial charge < -0.3 is 15.2 Å². The first-order valence-electron chi connectivity index (χ1n) is 15.9. The summed E-state index contributed by atoms with van der Waals surface area (Å²) < 4.78 is 13.7. The lowest BCUT2D eigenvalue weighted by Gasteiger charge is -2.65. The molecule has 3 aromatic rings. The monoisotopic (exact) mass is 686 g/mol. The number of hydrogen-bond donors (Lipinski definition) is 1. The summed E-state index contributed by atoms with van der Waals surface area (Å²) in [6.45, 7) is 8.35. The van der Waals surface area contributed by atoms with Crippen LogP contribution in [0.1, 0.15) is 83.7 Å². The van der Waals surface area contributed by atoms with Crippen molar-refractivity contribution >= 4 is 41.1 Å². The SMILES string of the molecule is CC1(C)C(Oc2ccc(C#N)c(Cl)c2)C(C)(C)C1N1C(=O)CCC(N2C(=O)c3ccc(OCCCn4ccc(C(N)=O)n4)cc3C2=O)C1=O. The van der Waals surface area contributed by atoms with Crippen molar-refractivity contribution in [3.05, 3.63) is 76.1 Å². The molecule has 5 amide bonds. The Labute approximate surface area is 287 Å². The highest BCUT2D eigenvalue weighted by Crippen LogP contribution is 2.58. The van der Waals surface area contributed by atoms with Crippen LogP contribution in [0.5, 0.6) is 11.5 Å². The van der Waals surface area contributed by atoms with Gasteiger partial charge in [0, 0.05) is 42.5 Å². The van der Waals surface area contributed by atoms with Gasteiger partial charge in [-0.25, -0.2) is 0 Å². The fourth-order valence-electron chi connectivity index (χ4n) is 7.82. The molecule has 1 saturated carbocycles. The average molecular weight is 687 g/mol. The van der Waals surface area contributed by atoms with Gasteiger partial charge in [-0.2, -0.15) is 10.4 Å². The summed E-state index contributed by atoms with van der Waals surface area (Å²) in [5.41, 5.74) is 4.57. The van der Waals surface area contributed by atoms with Gasteiger partial charge in [-0.3, -0.25) is 38.5 Å². The van der Waals surface area contributed by atoms with Crippen LogP contribution < -0.4 is 15.2 Å². The van der Waals surface area contributed by atoms with E-state index >= 15 is 0 Å². The van der Waals surface area contributed by atoms with Gasteiger partial charge in [0.2, 0.25) is 5.91 Å². The first-order chi connectivity index (χ1) is 23.2.